The monoisotopic (exact) mass is 276 g/mol. The largest absolute Gasteiger partial charge is 0.306 e. The van der Waals surface area contributed by atoms with Crippen molar-refractivity contribution >= 4 is 11.8 Å². The maximum atomic E-state index is 14.0. The number of hydrogen-bond donors (Lipinski definition) is 1. The van der Waals surface area contributed by atoms with Crippen LogP contribution in [-0.2, 0) is 0 Å². The molecule has 0 fully saturated rings. The van der Waals surface area contributed by atoms with Crippen LogP contribution in [-0.4, -0.2) is 17.8 Å². The van der Waals surface area contributed by atoms with Gasteiger partial charge < -0.3 is 5.32 Å². The van der Waals surface area contributed by atoms with E-state index in [1.165, 1.54) is 6.20 Å². The number of benzene rings is 1. The van der Waals surface area contributed by atoms with Crippen LogP contribution in [0.1, 0.15) is 24.1 Å². The van der Waals surface area contributed by atoms with Gasteiger partial charge in [0.1, 0.15) is 5.82 Å². The van der Waals surface area contributed by atoms with Gasteiger partial charge in [-0.05, 0) is 30.5 Å². The number of nitrogens with one attached hydrogen (secondary N) is 1. The molecule has 0 aliphatic heterocycles. The normalized spacial score (nSPS) is 12.4. The van der Waals surface area contributed by atoms with Crippen molar-refractivity contribution < 1.29 is 4.39 Å². The molecular weight excluding hydrogens is 259 g/mol. The van der Waals surface area contributed by atoms with E-state index in [4.69, 9.17) is 0 Å². The minimum Gasteiger partial charge on any atom is -0.306 e. The Morgan fingerprint density at radius 3 is 2.74 bits per heavy atom. The first kappa shape index (κ1) is 14.0. The molecule has 1 aromatic carbocycles. The number of nitrogens with zero attached hydrogens (tertiary/aromatic N) is 1. The Morgan fingerprint density at radius 1 is 1.26 bits per heavy atom. The van der Waals surface area contributed by atoms with Crippen molar-refractivity contribution in [3.63, 3.8) is 0 Å². The molecule has 1 N–H and O–H groups in total. The standard InChI is InChI=1S/C15H17FN2S/c1-3-18-15(11-8-9-17-10-13(11)16)12-6-4-5-7-14(12)19-2/h4-10,15,18H,3H2,1-2H3. The topological polar surface area (TPSA) is 24.9 Å². The lowest BCUT2D eigenvalue weighted by molar-refractivity contribution is 0.551. The van der Waals surface area contributed by atoms with E-state index in [2.05, 4.69) is 16.4 Å². The molecule has 0 amide bonds. The van der Waals surface area contributed by atoms with Crippen LogP contribution >= 0.6 is 11.8 Å². The van der Waals surface area contributed by atoms with Gasteiger partial charge in [-0.3, -0.25) is 4.98 Å². The Labute approximate surface area is 117 Å². The summed E-state index contributed by atoms with van der Waals surface area (Å²) in [7, 11) is 0. The SMILES string of the molecule is CCNC(c1ccncc1F)c1ccccc1SC. The molecule has 4 heteroatoms. The number of aromatic nitrogens is 1. The van der Waals surface area contributed by atoms with E-state index in [1.807, 2.05) is 31.4 Å². The molecule has 1 aromatic heterocycles. The highest BCUT2D eigenvalue weighted by Gasteiger charge is 2.19. The molecular formula is C15H17FN2S. The minimum absolute atomic E-state index is 0.142. The van der Waals surface area contributed by atoms with Gasteiger partial charge in [0.2, 0.25) is 0 Å². The zero-order valence-electron chi connectivity index (χ0n) is 11.1. The van der Waals surface area contributed by atoms with Crippen LogP contribution in [0.25, 0.3) is 0 Å². The van der Waals surface area contributed by atoms with Crippen LogP contribution in [0.15, 0.2) is 47.6 Å². The highest BCUT2D eigenvalue weighted by atomic mass is 32.2. The quantitative estimate of drug-likeness (QED) is 0.844. The Hall–Kier alpha value is -1.39. The fourth-order valence-electron chi connectivity index (χ4n) is 2.12. The summed E-state index contributed by atoms with van der Waals surface area (Å²) in [4.78, 5) is 4.97. The van der Waals surface area contributed by atoms with Gasteiger partial charge in [0, 0.05) is 16.7 Å². The predicted octanol–water partition coefficient (Wildman–Crippen LogP) is 3.64. The van der Waals surface area contributed by atoms with Gasteiger partial charge in [-0.15, -0.1) is 11.8 Å². The van der Waals surface area contributed by atoms with Crippen molar-refractivity contribution in [1.29, 1.82) is 0 Å². The molecule has 0 spiro atoms. The van der Waals surface area contributed by atoms with Gasteiger partial charge in [0.05, 0.1) is 12.2 Å². The average molecular weight is 276 g/mol. The van der Waals surface area contributed by atoms with Crippen LogP contribution < -0.4 is 5.32 Å². The fourth-order valence-corrected chi connectivity index (χ4v) is 2.75. The number of halogens is 1. The van der Waals surface area contributed by atoms with Gasteiger partial charge >= 0.3 is 0 Å². The van der Waals surface area contributed by atoms with Gasteiger partial charge in [-0.25, -0.2) is 4.39 Å². The van der Waals surface area contributed by atoms with Gasteiger partial charge in [0.25, 0.3) is 0 Å². The summed E-state index contributed by atoms with van der Waals surface area (Å²) in [5, 5.41) is 3.35. The first-order valence-corrected chi connectivity index (χ1v) is 7.46. The summed E-state index contributed by atoms with van der Waals surface area (Å²) in [5.74, 6) is -0.274. The molecule has 1 unspecified atom stereocenters. The average Bonchev–Trinajstić information content (AvgIpc) is 2.46. The van der Waals surface area contributed by atoms with E-state index in [9.17, 15) is 4.39 Å². The van der Waals surface area contributed by atoms with Gasteiger partial charge in [0.15, 0.2) is 0 Å². The maximum absolute atomic E-state index is 14.0. The number of rotatable bonds is 5. The molecule has 0 saturated heterocycles. The first-order valence-electron chi connectivity index (χ1n) is 6.23. The maximum Gasteiger partial charge on any atom is 0.146 e. The first-order chi connectivity index (χ1) is 9.27. The molecule has 1 atom stereocenters. The molecule has 0 saturated carbocycles. The molecule has 2 rings (SSSR count). The third-order valence-corrected chi connectivity index (χ3v) is 3.78. The van der Waals surface area contributed by atoms with Crippen molar-refractivity contribution in [3.05, 3.63) is 59.7 Å². The highest BCUT2D eigenvalue weighted by molar-refractivity contribution is 7.98. The highest BCUT2D eigenvalue weighted by Crippen LogP contribution is 2.30. The van der Waals surface area contributed by atoms with E-state index in [1.54, 1.807) is 24.0 Å². The summed E-state index contributed by atoms with van der Waals surface area (Å²) in [6, 6.07) is 9.68. The lowest BCUT2D eigenvalue weighted by Crippen LogP contribution is -2.23. The summed E-state index contributed by atoms with van der Waals surface area (Å²) in [5.41, 5.74) is 1.74. The van der Waals surface area contributed by atoms with Gasteiger partial charge in [-0.1, -0.05) is 25.1 Å². The van der Waals surface area contributed by atoms with Crippen molar-refractivity contribution in [2.45, 2.75) is 17.9 Å². The Morgan fingerprint density at radius 2 is 2.05 bits per heavy atom. The fraction of sp³-hybridized carbons (Fsp3) is 0.267. The summed E-state index contributed by atoms with van der Waals surface area (Å²) in [6.07, 6.45) is 4.93. The molecule has 0 bridgehead atoms. The molecule has 2 nitrogen and oxygen atoms in total. The number of hydrogen-bond acceptors (Lipinski definition) is 3. The van der Waals surface area contributed by atoms with Crippen molar-refractivity contribution in [1.82, 2.24) is 10.3 Å². The summed E-state index contributed by atoms with van der Waals surface area (Å²) in [6.45, 7) is 2.79. The zero-order chi connectivity index (χ0) is 13.7. The van der Waals surface area contributed by atoms with E-state index >= 15 is 0 Å². The zero-order valence-corrected chi connectivity index (χ0v) is 11.9. The van der Waals surface area contributed by atoms with E-state index in [0.717, 1.165) is 17.0 Å². The number of pyridine rings is 1. The Balaban J connectivity index is 2.49. The van der Waals surface area contributed by atoms with Crippen LogP contribution in [0.3, 0.4) is 0 Å². The van der Waals surface area contributed by atoms with E-state index in [-0.39, 0.29) is 11.9 Å². The van der Waals surface area contributed by atoms with E-state index < -0.39 is 0 Å². The molecule has 1 heterocycles. The smallest absolute Gasteiger partial charge is 0.146 e. The predicted molar refractivity (Wildman–Crippen MR) is 77.9 cm³/mol. The minimum atomic E-state index is -0.274. The van der Waals surface area contributed by atoms with Crippen LogP contribution in [0.5, 0.6) is 0 Å². The van der Waals surface area contributed by atoms with Crippen molar-refractivity contribution in [2.75, 3.05) is 12.8 Å². The summed E-state index contributed by atoms with van der Waals surface area (Å²) < 4.78 is 14.0. The second-order valence-electron chi connectivity index (χ2n) is 4.13. The second kappa shape index (κ2) is 6.68. The van der Waals surface area contributed by atoms with Crippen LogP contribution in [0.4, 0.5) is 4.39 Å². The Kier molecular flexibility index (Phi) is 4.93. The summed E-state index contributed by atoms with van der Waals surface area (Å²) >= 11 is 1.67. The van der Waals surface area contributed by atoms with Gasteiger partial charge in [-0.2, -0.15) is 0 Å². The molecule has 19 heavy (non-hydrogen) atoms. The molecule has 0 aliphatic rings. The third-order valence-electron chi connectivity index (χ3n) is 2.97. The molecule has 2 aromatic rings. The Bertz CT molecular complexity index is 545. The lowest BCUT2D eigenvalue weighted by Gasteiger charge is -2.21. The van der Waals surface area contributed by atoms with E-state index in [0.29, 0.717) is 5.56 Å². The van der Waals surface area contributed by atoms with Crippen LogP contribution in [0, 0.1) is 5.82 Å². The second-order valence-corrected chi connectivity index (χ2v) is 4.98. The third kappa shape index (κ3) is 3.14. The van der Waals surface area contributed by atoms with Crippen LogP contribution in [0.2, 0.25) is 0 Å². The van der Waals surface area contributed by atoms with Crippen molar-refractivity contribution in [2.24, 2.45) is 0 Å². The molecule has 0 radical (unpaired) electrons. The van der Waals surface area contributed by atoms with Crippen molar-refractivity contribution in [3.8, 4) is 0 Å². The lowest BCUT2D eigenvalue weighted by atomic mass is 9.99. The number of thioether (sulfide) groups is 1. The molecule has 100 valence electrons. The molecule has 0 aliphatic carbocycles.